The number of ether oxygens (including phenoxy) is 2. The van der Waals surface area contributed by atoms with Crippen LogP contribution < -0.4 is 14.4 Å². The van der Waals surface area contributed by atoms with Gasteiger partial charge in [-0.2, -0.15) is 4.99 Å². The van der Waals surface area contributed by atoms with Crippen molar-refractivity contribution in [1.82, 2.24) is 4.90 Å². The average molecular weight is 504 g/mol. The second-order valence-corrected chi connectivity index (χ2v) is 9.45. The first kappa shape index (κ1) is 23.9. The molecule has 2 aliphatic heterocycles. The number of carbonyl (C=O) groups excluding carboxylic acids is 1. The number of benzene rings is 3. The summed E-state index contributed by atoms with van der Waals surface area (Å²) in [5, 5.41) is 0.722. The van der Waals surface area contributed by atoms with E-state index in [1.807, 2.05) is 54.6 Å². The minimum Gasteiger partial charge on any atom is -0.493 e. The van der Waals surface area contributed by atoms with Gasteiger partial charge < -0.3 is 19.3 Å². The van der Waals surface area contributed by atoms with E-state index in [2.05, 4.69) is 14.8 Å². The quantitative estimate of drug-likeness (QED) is 0.431. The number of aliphatic imine (C=N–C) groups is 1. The lowest BCUT2D eigenvalue weighted by atomic mass is 10.2. The number of hydrogen-bond donors (Lipinski definition) is 0. The highest BCUT2D eigenvalue weighted by Gasteiger charge is 2.28. The van der Waals surface area contributed by atoms with E-state index in [9.17, 15) is 9.18 Å². The van der Waals surface area contributed by atoms with Crippen LogP contribution in [0.5, 0.6) is 11.5 Å². The Balaban J connectivity index is 1.21. The van der Waals surface area contributed by atoms with Gasteiger partial charge in [-0.1, -0.05) is 36.4 Å². The molecule has 1 amide bonds. The Morgan fingerprint density at radius 2 is 1.67 bits per heavy atom. The monoisotopic (exact) mass is 503 g/mol. The number of nitrogens with zero attached hydrogens (tertiary/aromatic N) is 3. The van der Waals surface area contributed by atoms with E-state index in [4.69, 9.17) is 9.47 Å². The first-order valence-electron chi connectivity index (χ1n) is 11.7. The van der Waals surface area contributed by atoms with Crippen molar-refractivity contribution in [3.8, 4) is 11.5 Å². The number of hydrogen-bond acceptors (Lipinski definition) is 6. The first-order valence-corrected chi connectivity index (χ1v) is 12.5. The van der Waals surface area contributed by atoms with Crippen molar-refractivity contribution in [2.75, 3.05) is 38.2 Å². The largest absolute Gasteiger partial charge is 0.493 e. The van der Waals surface area contributed by atoms with Crippen LogP contribution in [0.15, 0.2) is 82.7 Å². The van der Waals surface area contributed by atoms with Gasteiger partial charge in [-0.15, -0.1) is 0 Å². The van der Waals surface area contributed by atoms with Gasteiger partial charge in [0.25, 0.3) is 5.91 Å². The third-order valence-electron chi connectivity index (χ3n) is 6.07. The fourth-order valence-electron chi connectivity index (χ4n) is 4.12. The summed E-state index contributed by atoms with van der Waals surface area (Å²) in [6.07, 6.45) is 1.84. The number of methoxy groups -OCH3 is 1. The van der Waals surface area contributed by atoms with Gasteiger partial charge in [0.05, 0.1) is 12.0 Å². The molecule has 0 aromatic heterocycles. The topological polar surface area (TPSA) is 54.4 Å². The highest BCUT2D eigenvalue weighted by Crippen LogP contribution is 2.34. The van der Waals surface area contributed by atoms with E-state index in [-0.39, 0.29) is 11.7 Å². The summed E-state index contributed by atoms with van der Waals surface area (Å²) >= 11 is 1.39. The number of halogens is 1. The Morgan fingerprint density at radius 1 is 0.944 bits per heavy atom. The number of amidine groups is 1. The zero-order valence-corrected chi connectivity index (χ0v) is 20.7. The molecule has 0 spiro atoms. The lowest BCUT2D eigenvalue weighted by molar-refractivity contribution is -0.113. The molecule has 3 aromatic carbocycles. The molecule has 5 rings (SSSR count). The van der Waals surface area contributed by atoms with Gasteiger partial charge >= 0.3 is 0 Å². The number of anilines is 1. The Hall–Kier alpha value is -3.78. The van der Waals surface area contributed by atoms with Crippen molar-refractivity contribution >= 4 is 34.6 Å². The molecule has 3 aromatic rings. The summed E-state index contributed by atoms with van der Waals surface area (Å²) in [5.74, 6) is 0.775. The standard InChI is InChI=1S/C28H26FN3O3S/c1-34-25-17-21(7-12-24(25)35-19-20-5-3-2-4-6-20)18-26-27(33)30-28(36-26)32-15-13-31(14-16-32)23-10-8-22(29)9-11-23/h2-12,17-18H,13-16,19H2,1H3/b26-18+. The van der Waals surface area contributed by atoms with Crippen LogP contribution in [0.1, 0.15) is 11.1 Å². The van der Waals surface area contributed by atoms with E-state index in [1.54, 1.807) is 19.2 Å². The molecule has 0 aliphatic carbocycles. The molecule has 36 heavy (non-hydrogen) atoms. The molecule has 184 valence electrons. The van der Waals surface area contributed by atoms with Crippen molar-refractivity contribution in [3.63, 3.8) is 0 Å². The van der Waals surface area contributed by atoms with Crippen molar-refractivity contribution < 1.29 is 18.7 Å². The Labute approximate surface area is 214 Å². The second kappa shape index (κ2) is 10.9. The maximum Gasteiger partial charge on any atom is 0.286 e. The fraction of sp³-hybridized carbons (Fsp3) is 0.214. The van der Waals surface area contributed by atoms with Crippen molar-refractivity contribution in [2.24, 2.45) is 4.99 Å². The third-order valence-corrected chi connectivity index (χ3v) is 7.12. The van der Waals surface area contributed by atoms with Crippen LogP contribution in [0.3, 0.4) is 0 Å². The Morgan fingerprint density at radius 3 is 2.39 bits per heavy atom. The smallest absolute Gasteiger partial charge is 0.286 e. The van der Waals surface area contributed by atoms with Gasteiger partial charge in [0, 0.05) is 31.9 Å². The van der Waals surface area contributed by atoms with Crippen LogP contribution in [-0.4, -0.2) is 49.3 Å². The first-order chi connectivity index (χ1) is 17.6. The van der Waals surface area contributed by atoms with Crippen LogP contribution >= 0.6 is 11.8 Å². The van der Waals surface area contributed by atoms with E-state index in [0.717, 1.165) is 48.2 Å². The molecule has 0 bridgehead atoms. The van der Waals surface area contributed by atoms with Gasteiger partial charge in [-0.05, 0) is 65.4 Å². The second-order valence-electron chi connectivity index (χ2n) is 8.45. The molecule has 0 N–H and O–H groups in total. The fourth-order valence-corrected chi connectivity index (χ4v) is 5.09. The van der Waals surface area contributed by atoms with Gasteiger partial charge in [0.15, 0.2) is 16.7 Å². The maximum atomic E-state index is 13.2. The third kappa shape index (κ3) is 5.54. The Kier molecular flexibility index (Phi) is 7.23. The van der Waals surface area contributed by atoms with Crippen LogP contribution in [0.4, 0.5) is 10.1 Å². The lowest BCUT2D eigenvalue weighted by Crippen LogP contribution is -2.47. The van der Waals surface area contributed by atoms with Gasteiger partial charge in [-0.25, -0.2) is 4.39 Å². The molecule has 0 saturated carbocycles. The molecule has 2 heterocycles. The van der Waals surface area contributed by atoms with Crippen LogP contribution in [0.2, 0.25) is 0 Å². The molecule has 8 heteroatoms. The maximum absolute atomic E-state index is 13.2. The van der Waals surface area contributed by atoms with E-state index >= 15 is 0 Å². The molecule has 6 nitrogen and oxygen atoms in total. The van der Waals surface area contributed by atoms with Gasteiger partial charge in [0.1, 0.15) is 12.4 Å². The number of piperazine rings is 1. The van der Waals surface area contributed by atoms with Gasteiger partial charge in [-0.3, -0.25) is 4.79 Å². The molecule has 0 unspecified atom stereocenters. The molecule has 0 radical (unpaired) electrons. The molecule has 1 saturated heterocycles. The summed E-state index contributed by atoms with van der Waals surface area (Å²) in [5.41, 5.74) is 2.91. The minimum absolute atomic E-state index is 0.237. The van der Waals surface area contributed by atoms with E-state index in [0.29, 0.717) is 23.0 Å². The number of amides is 1. The number of carbonyl (C=O) groups is 1. The highest BCUT2D eigenvalue weighted by atomic mass is 32.2. The summed E-state index contributed by atoms with van der Waals surface area (Å²) in [7, 11) is 1.60. The summed E-state index contributed by atoms with van der Waals surface area (Å²) in [6.45, 7) is 3.48. The lowest BCUT2D eigenvalue weighted by Gasteiger charge is -2.36. The minimum atomic E-state index is -0.237. The predicted molar refractivity (Wildman–Crippen MR) is 142 cm³/mol. The Bertz CT molecular complexity index is 1290. The highest BCUT2D eigenvalue weighted by molar-refractivity contribution is 8.18. The SMILES string of the molecule is COc1cc(/C=C2/SC(N3CCN(c4ccc(F)cc4)CC3)=NC2=O)ccc1OCc1ccccc1. The normalized spacial score (nSPS) is 16.9. The van der Waals surface area contributed by atoms with Crippen molar-refractivity contribution in [3.05, 3.63) is 94.6 Å². The van der Waals surface area contributed by atoms with Gasteiger partial charge in [0.2, 0.25) is 0 Å². The summed E-state index contributed by atoms with van der Waals surface area (Å²) < 4.78 is 24.7. The molecular weight excluding hydrogens is 477 g/mol. The molecular formula is C28H26FN3O3S. The van der Waals surface area contributed by atoms with Crippen molar-refractivity contribution in [2.45, 2.75) is 6.61 Å². The number of rotatable bonds is 6. The van der Waals surface area contributed by atoms with Crippen LogP contribution in [-0.2, 0) is 11.4 Å². The summed E-state index contributed by atoms with van der Waals surface area (Å²) in [6, 6.07) is 22.1. The van der Waals surface area contributed by atoms with Crippen molar-refractivity contribution in [1.29, 1.82) is 0 Å². The number of thioether (sulfide) groups is 1. The molecule has 0 atom stereocenters. The van der Waals surface area contributed by atoms with E-state index in [1.165, 1.54) is 23.9 Å². The molecule has 2 aliphatic rings. The predicted octanol–water partition coefficient (Wildman–Crippen LogP) is 5.21. The average Bonchev–Trinajstić information content (AvgIpc) is 3.28. The van der Waals surface area contributed by atoms with Crippen LogP contribution in [0, 0.1) is 5.82 Å². The zero-order chi connectivity index (χ0) is 24.9. The van der Waals surface area contributed by atoms with E-state index < -0.39 is 0 Å². The zero-order valence-electron chi connectivity index (χ0n) is 19.9. The molecule has 1 fully saturated rings. The summed E-state index contributed by atoms with van der Waals surface area (Å²) in [4.78, 5) is 21.8. The van der Waals surface area contributed by atoms with Crippen LogP contribution in [0.25, 0.3) is 6.08 Å².